The Morgan fingerprint density at radius 3 is 2.62 bits per heavy atom. The Hall–Kier alpha value is -2.44. The van der Waals surface area contributed by atoms with Crippen molar-refractivity contribution in [3.63, 3.8) is 0 Å². The van der Waals surface area contributed by atoms with Gasteiger partial charge in [0.05, 0.1) is 28.6 Å². The first-order valence-electron chi connectivity index (χ1n) is 6.11. The van der Waals surface area contributed by atoms with Gasteiger partial charge in [0, 0.05) is 14.1 Å². The smallest absolute Gasteiger partial charge is 0.166 e. The van der Waals surface area contributed by atoms with Crippen molar-refractivity contribution in [1.82, 2.24) is 9.78 Å². The van der Waals surface area contributed by atoms with E-state index >= 15 is 0 Å². The van der Waals surface area contributed by atoms with Crippen molar-refractivity contribution in [3.05, 3.63) is 40.8 Å². The summed E-state index contributed by atoms with van der Waals surface area (Å²) >= 11 is 3.92. The SMILES string of the molecule is Cc1c(C#CS)c(N(C)C)nn1-c1cc(F)cc(C#N)c1. The van der Waals surface area contributed by atoms with Gasteiger partial charge in [-0.2, -0.15) is 5.26 Å². The van der Waals surface area contributed by atoms with Crippen LogP contribution in [0.3, 0.4) is 0 Å². The van der Waals surface area contributed by atoms with E-state index in [2.05, 4.69) is 28.9 Å². The largest absolute Gasteiger partial charge is 0.360 e. The Balaban J connectivity index is 2.70. The number of hydrogen-bond acceptors (Lipinski definition) is 4. The molecule has 0 fully saturated rings. The van der Waals surface area contributed by atoms with Gasteiger partial charge in [0.25, 0.3) is 0 Å². The van der Waals surface area contributed by atoms with E-state index in [-0.39, 0.29) is 5.56 Å². The number of aromatic nitrogens is 2. The van der Waals surface area contributed by atoms with Crippen LogP contribution < -0.4 is 4.90 Å². The molecular formula is C15H13FN4S. The highest BCUT2D eigenvalue weighted by Gasteiger charge is 2.16. The van der Waals surface area contributed by atoms with E-state index < -0.39 is 5.82 Å². The number of hydrogen-bond donors (Lipinski definition) is 1. The molecule has 1 aromatic heterocycles. The van der Waals surface area contributed by atoms with Gasteiger partial charge in [-0.15, -0.1) is 5.10 Å². The molecule has 0 atom stereocenters. The van der Waals surface area contributed by atoms with Gasteiger partial charge in [-0.05, 0) is 36.3 Å². The number of thiol groups is 1. The second-order valence-corrected chi connectivity index (χ2v) is 4.86. The van der Waals surface area contributed by atoms with Crippen LogP contribution >= 0.6 is 12.6 Å². The van der Waals surface area contributed by atoms with Gasteiger partial charge in [0.2, 0.25) is 0 Å². The Morgan fingerprint density at radius 2 is 2.05 bits per heavy atom. The molecule has 106 valence electrons. The van der Waals surface area contributed by atoms with Crippen LogP contribution in [0.25, 0.3) is 5.69 Å². The zero-order valence-corrected chi connectivity index (χ0v) is 12.7. The van der Waals surface area contributed by atoms with Crippen LogP contribution in [0.1, 0.15) is 16.8 Å². The maximum atomic E-state index is 13.6. The summed E-state index contributed by atoms with van der Waals surface area (Å²) in [4.78, 5) is 1.82. The fourth-order valence-electron chi connectivity index (χ4n) is 2.02. The van der Waals surface area contributed by atoms with Crippen molar-refractivity contribution in [2.24, 2.45) is 0 Å². The molecule has 0 radical (unpaired) electrons. The summed E-state index contributed by atoms with van der Waals surface area (Å²) in [5.74, 6) is 3.07. The van der Waals surface area contributed by atoms with Crippen LogP contribution in [0, 0.1) is 35.2 Å². The summed E-state index contributed by atoms with van der Waals surface area (Å²) in [5.41, 5.74) is 2.21. The average molecular weight is 300 g/mol. The molecule has 0 aliphatic carbocycles. The third kappa shape index (κ3) is 2.86. The lowest BCUT2D eigenvalue weighted by Gasteiger charge is -2.08. The van der Waals surface area contributed by atoms with Crippen LogP contribution in [0.15, 0.2) is 18.2 Å². The second-order valence-electron chi connectivity index (χ2n) is 4.64. The van der Waals surface area contributed by atoms with E-state index in [1.54, 1.807) is 10.7 Å². The molecule has 0 aliphatic heterocycles. The van der Waals surface area contributed by atoms with Crippen molar-refractivity contribution >= 4 is 18.4 Å². The minimum Gasteiger partial charge on any atom is -0.360 e. The molecule has 1 aromatic carbocycles. The highest BCUT2D eigenvalue weighted by molar-refractivity contribution is 7.85. The normalized spacial score (nSPS) is 9.71. The Bertz CT molecular complexity index is 790. The summed E-state index contributed by atoms with van der Waals surface area (Å²) in [6.07, 6.45) is 0. The molecule has 4 nitrogen and oxygen atoms in total. The number of rotatable bonds is 2. The molecule has 0 amide bonds. The molecule has 21 heavy (non-hydrogen) atoms. The van der Waals surface area contributed by atoms with E-state index in [1.807, 2.05) is 32.0 Å². The summed E-state index contributed by atoms with van der Waals surface area (Å²) in [5, 5.41) is 15.9. The minimum atomic E-state index is -0.479. The molecular weight excluding hydrogens is 287 g/mol. The molecule has 6 heteroatoms. The van der Waals surface area contributed by atoms with Crippen molar-refractivity contribution in [1.29, 1.82) is 5.26 Å². The molecule has 1 heterocycles. The zero-order valence-electron chi connectivity index (χ0n) is 11.8. The molecule has 0 aliphatic rings. The number of nitriles is 1. The first-order valence-corrected chi connectivity index (χ1v) is 6.55. The maximum Gasteiger partial charge on any atom is 0.166 e. The van der Waals surface area contributed by atoms with E-state index in [0.717, 1.165) is 11.3 Å². The van der Waals surface area contributed by atoms with Crippen molar-refractivity contribution in [2.45, 2.75) is 6.92 Å². The summed E-state index contributed by atoms with van der Waals surface area (Å²) in [6.45, 7) is 1.84. The van der Waals surface area contributed by atoms with Gasteiger partial charge >= 0.3 is 0 Å². The molecule has 0 bridgehead atoms. The number of nitrogens with zero attached hydrogens (tertiary/aromatic N) is 4. The van der Waals surface area contributed by atoms with E-state index in [0.29, 0.717) is 11.5 Å². The summed E-state index contributed by atoms with van der Waals surface area (Å²) < 4.78 is 15.2. The second kappa shape index (κ2) is 5.90. The molecule has 0 saturated heterocycles. The third-order valence-corrected chi connectivity index (χ3v) is 3.07. The topological polar surface area (TPSA) is 44.9 Å². The third-order valence-electron chi connectivity index (χ3n) is 2.96. The molecule has 0 spiro atoms. The standard InChI is InChI=1S/C15H13FN4S/c1-10-14(4-5-21)15(19(2)3)18-20(10)13-7-11(9-17)6-12(16)8-13/h6-8,21H,1-3H3. The van der Waals surface area contributed by atoms with Crippen LogP contribution in [-0.4, -0.2) is 23.9 Å². The number of anilines is 1. The first-order chi connectivity index (χ1) is 9.97. The van der Waals surface area contributed by atoms with Gasteiger partial charge in [-0.25, -0.2) is 9.07 Å². The minimum absolute atomic E-state index is 0.244. The molecule has 0 N–H and O–H groups in total. The van der Waals surface area contributed by atoms with Crippen LogP contribution in [0.4, 0.5) is 10.2 Å². The van der Waals surface area contributed by atoms with Gasteiger partial charge in [0.15, 0.2) is 5.82 Å². The lowest BCUT2D eigenvalue weighted by molar-refractivity contribution is 0.624. The van der Waals surface area contributed by atoms with Crippen LogP contribution in [0.5, 0.6) is 0 Å². The monoisotopic (exact) mass is 300 g/mol. The predicted octanol–water partition coefficient (Wildman–Crippen LogP) is 2.50. The van der Waals surface area contributed by atoms with Gasteiger partial charge in [0.1, 0.15) is 5.82 Å². The zero-order chi connectivity index (χ0) is 15.6. The summed E-state index contributed by atoms with van der Waals surface area (Å²) in [7, 11) is 3.70. The van der Waals surface area contributed by atoms with Crippen molar-refractivity contribution in [3.8, 4) is 22.9 Å². The number of halogens is 1. The highest BCUT2D eigenvalue weighted by Crippen LogP contribution is 2.24. The van der Waals surface area contributed by atoms with Gasteiger partial charge < -0.3 is 4.90 Å². The van der Waals surface area contributed by atoms with E-state index in [1.165, 1.54) is 12.1 Å². The quantitative estimate of drug-likeness (QED) is 0.684. The lowest BCUT2D eigenvalue weighted by atomic mass is 10.2. The fraction of sp³-hybridized carbons (Fsp3) is 0.200. The molecule has 0 saturated carbocycles. The first kappa shape index (κ1) is 15.0. The number of benzene rings is 1. The van der Waals surface area contributed by atoms with Crippen molar-refractivity contribution in [2.75, 3.05) is 19.0 Å². The van der Waals surface area contributed by atoms with Gasteiger partial charge in [-0.3, -0.25) is 0 Å². The van der Waals surface area contributed by atoms with E-state index in [9.17, 15) is 4.39 Å². The molecule has 0 unspecified atom stereocenters. The molecule has 2 rings (SSSR count). The van der Waals surface area contributed by atoms with Crippen LogP contribution in [0.2, 0.25) is 0 Å². The highest BCUT2D eigenvalue weighted by atomic mass is 32.1. The Kier molecular flexibility index (Phi) is 4.21. The summed E-state index contributed by atoms with van der Waals surface area (Å²) in [6, 6.07) is 6.03. The maximum absolute atomic E-state index is 13.6. The van der Waals surface area contributed by atoms with E-state index in [4.69, 9.17) is 5.26 Å². The van der Waals surface area contributed by atoms with Crippen molar-refractivity contribution < 1.29 is 4.39 Å². The Labute approximate surface area is 128 Å². The van der Waals surface area contributed by atoms with Gasteiger partial charge in [-0.1, -0.05) is 12.6 Å². The lowest BCUT2D eigenvalue weighted by Crippen LogP contribution is -2.11. The fourth-order valence-corrected chi connectivity index (χ4v) is 2.13. The molecule has 2 aromatic rings. The predicted molar refractivity (Wildman–Crippen MR) is 83.2 cm³/mol. The van der Waals surface area contributed by atoms with Crippen LogP contribution in [-0.2, 0) is 0 Å². The average Bonchev–Trinajstić information content (AvgIpc) is 2.76. The Morgan fingerprint density at radius 1 is 1.33 bits per heavy atom.